The van der Waals surface area contributed by atoms with Crippen molar-refractivity contribution in [1.29, 1.82) is 5.26 Å². The summed E-state index contributed by atoms with van der Waals surface area (Å²) in [6.07, 6.45) is 5.27. The van der Waals surface area contributed by atoms with Gasteiger partial charge in [-0.05, 0) is 56.7 Å². The molecule has 2 aliphatic rings. The molecule has 1 aromatic rings. The Labute approximate surface area is 142 Å². The van der Waals surface area contributed by atoms with Crippen LogP contribution in [-0.4, -0.2) is 46.3 Å². The van der Waals surface area contributed by atoms with Gasteiger partial charge in [0.25, 0.3) is 0 Å². The average Bonchev–Trinajstić information content (AvgIpc) is 3.02. The van der Waals surface area contributed by atoms with Crippen LogP contribution in [0.4, 0.5) is 4.79 Å². The van der Waals surface area contributed by atoms with Gasteiger partial charge in [0.1, 0.15) is 0 Å². The van der Waals surface area contributed by atoms with E-state index in [4.69, 9.17) is 5.11 Å². The van der Waals surface area contributed by atoms with Crippen molar-refractivity contribution >= 4 is 6.09 Å². The second kappa shape index (κ2) is 6.78. The number of nitrogens with one attached hydrogen (secondary N) is 1. The van der Waals surface area contributed by atoms with Crippen molar-refractivity contribution < 1.29 is 9.90 Å². The number of hydrogen-bond donors (Lipinski definition) is 2. The molecule has 1 aliphatic carbocycles. The molecule has 0 aromatic carbocycles. The lowest BCUT2D eigenvalue weighted by Crippen LogP contribution is -2.43. The summed E-state index contributed by atoms with van der Waals surface area (Å²) in [5, 5.41) is 21.2. The Kier molecular flexibility index (Phi) is 4.72. The SMILES string of the molecule is Cc1ccnc(C2(C#N)CCC(N3CC[C@@H](NC(=O)O)C3)CC2)c1. The summed E-state index contributed by atoms with van der Waals surface area (Å²) < 4.78 is 0. The van der Waals surface area contributed by atoms with E-state index in [0.717, 1.165) is 56.5 Å². The smallest absolute Gasteiger partial charge is 0.404 e. The van der Waals surface area contributed by atoms with Crippen LogP contribution in [0, 0.1) is 18.3 Å². The molecule has 0 unspecified atom stereocenters. The van der Waals surface area contributed by atoms with E-state index in [-0.39, 0.29) is 6.04 Å². The molecule has 1 saturated carbocycles. The molecule has 1 aliphatic heterocycles. The molecule has 3 rings (SSSR count). The number of likely N-dealkylation sites (tertiary alicyclic amines) is 1. The Morgan fingerprint density at radius 3 is 2.83 bits per heavy atom. The zero-order valence-corrected chi connectivity index (χ0v) is 14.0. The summed E-state index contributed by atoms with van der Waals surface area (Å²) >= 11 is 0. The summed E-state index contributed by atoms with van der Waals surface area (Å²) in [5.74, 6) is 0. The van der Waals surface area contributed by atoms with Gasteiger partial charge in [-0.15, -0.1) is 0 Å². The molecule has 6 heteroatoms. The molecule has 1 aromatic heterocycles. The fourth-order valence-corrected chi connectivity index (χ4v) is 4.09. The van der Waals surface area contributed by atoms with Crippen LogP contribution in [0.1, 0.15) is 43.4 Å². The number of pyridine rings is 1. The zero-order valence-electron chi connectivity index (χ0n) is 14.0. The molecule has 1 amide bonds. The molecule has 24 heavy (non-hydrogen) atoms. The molecule has 0 radical (unpaired) electrons. The first-order valence-electron chi connectivity index (χ1n) is 8.60. The molecule has 0 bridgehead atoms. The van der Waals surface area contributed by atoms with Gasteiger partial charge in [-0.2, -0.15) is 5.26 Å². The molecule has 1 saturated heterocycles. The lowest BCUT2D eigenvalue weighted by atomic mass is 9.70. The van der Waals surface area contributed by atoms with Gasteiger partial charge in [-0.1, -0.05) is 0 Å². The summed E-state index contributed by atoms with van der Waals surface area (Å²) in [6, 6.07) is 7.00. The normalized spacial score (nSPS) is 30.7. The van der Waals surface area contributed by atoms with Crippen LogP contribution in [0.5, 0.6) is 0 Å². The van der Waals surface area contributed by atoms with Gasteiger partial charge in [-0.25, -0.2) is 4.79 Å². The number of amides is 1. The third kappa shape index (κ3) is 3.36. The monoisotopic (exact) mass is 328 g/mol. The van der Waals surface area contributed by atoms with E-state index in [2.05, 4.69) is 21.3 Å². The van der Waals surface area contributed by atoms with Crippen LogP contribution in [0.25, 0.3) is 0 Å². The molecule has 128 valence electrons. The molecule has 2 fully saturated rings. The van der Waals surface area contributed by atoms with Crippen molar-refractivity contribution in [3.63, 3.8) is 0 Å². The number of aryl methyl sites for hydroxylation is 1. The van der Waals surface area contributed by atoms with Gasteiger partial charge in [-0.3, -0.25) is 9.88 Å². The molecular weight excluding hydrogens is 304 g/mol. The lowest BCUT2D eigenvalue weighted by molar-refractivity contribution is 0.158. The molecule has 6 nitrogen and oxygen atoms in total. The minimum absolute atomic E-state index is 0.0311. The minimum Gasteiger partial charge on any atom is -0.465 e. The quantitative estimate of drug-likeness (QED) is 0.889. The Balaban J connectivity index is 1.63. The number of nitriles is 1. The van der Waals surface area contributed by atoms with Crippen molar-refractivity contribution in [1.82, 2.24) is 15.2 Å². The van der Waals surface area contributed by atoms with Gasteiger partial charge < -0.3 is 10.4 Å². The highest BCUT2D eigenvalue weighted by Crippen LogP contribution is 2.40. The van der Waals surface area contributed by atoms with Crippen LogP contribution in [0.2, 0.25) is 0 Å². The van der Waals surface area contributed by atoms with Crippen molar-refractivity contribution in [3.05, 3.63) is 29.6 Å². The zero-order chi connectivity index (χ0) is 17.2. The van der Waals surface area contributed by atoms with E-state index in [1.165, 1.54) is 0 Å². The van der Waals surface area contributed by atoms with E-state index in [1.807, 2.05) is 19.1 Å². The average molecular weight is 328 g/mol. The highest BCUT2D eigenvalue weighted by Gasteiger charge is 2.41. The maximum Gasteiger partial charge on any atom is 0.404 e. The van der Waals surface area contributed by atoms with E-state index < -0.39 is 11.5 Å². The Morgan fingerprint density at radius 1 is 1.46 bits per heavy atom. The van der Waals surface area contributed by atoms with Crippen molar-refractivity contribution in [2.24, 2.45) is 0 Å². The van der Waals surface area contributed by atoms with Gasteiger partial charge >= 0.3 is 6.09 Å². The number of carboxylic acid groups (broad SMARTS) is 1. The van der Waals surface area contributed by atoms with Crippen molar-refractivity contribution in [2.75, 3.05) is 13.1 Å². The highest BCUT2D eigenvalue weighted by atomic mass is 16.4. The van der Waals surface area contributed by atoms with Crippen molar-refractivity contribution in [2.45, 2.75) is 56.5 Å². The first kappa shape index (κ1) is 16.7. The largest absolute Gasteiger partial charge is 0.465 e. The molecular formula is C18H24N4O2. The van der Waals surface area contributed by atoms with E-state index in [9.17, 15) is 10.1 Å². The third-order valence-electron chi connectivity index (χ3n) is 5.49. The topological polar surface area (TPSA) is 89.3 Å². The molecule has 1 atom stereocenters. The number of nitrogens with zero attached hydrogens (tertiary/aromatic N) is 3. The van der Waals surface area contributed by atoms with Gasteiger partial charge in [0.05, 0.1) is 17.2 Å². The van der Waals surface area contributed by atoms with Crippen LogP contribution in [0.15, 0.2) is 18.3 Å². The summed E-state index contributed by atoms with van der Waals surface area (Å²) in [4.78, 5) is 17.6. The summed E-state index contributed by atoms with van der Waals surface area (Å²) in [6.45, 7) is 3.73. The second-order valence-corrected chi connectivity index (χ2v) is 7.07. The van der Waals surface area contributed by atoms with Crippen LogP contribution >= 0.6 is 0 Å². The number of rotatable bonds is 3. The first-order valence-corrected chi connectivity index (χ1v) is 8.60. The predicted octanol–water partition coefficient (Wildman–Crippen LogP) is 2.44. The Bertz CT molecular complexity index is 647. The fourth-order valence-electron chi connectivity index (χ4n) is 4.09. The summed E-state index contributed by atoms with van der Waals surface area (Å²) in [5.41, 5.74) is 1.56. The number of aromatic nitrogens is 1. The Hall–Kier alpha value is -2.13. The van der Waals surface area contributed by atoms with Gasteiger partial charge in [0.2, 0.25) is 0 Å². The second-order valence-electron chi connectivity index (χ2n) is 7.07. The minimum atomic E-state index is -0.945. The van der Waals surface area contributed by atoms with Crippen molar-refractivity contribution in [3.8, 4) is 6.07 Å². The summed E-state index contributed by atoms with van der Waals surface area (Å²) in [7, 11) is 0. The fraction of sp³-hybridized carbons (Fsp3) is 0.611. The standard InChI is InChI=1S/C18H24N4O2/c1-13-4-8-20-16(10-13)18(12-19)6-2-15(3-7-18)22-9-5-14(11-22)21-17(23)24/h4,8,10,14-15,21H,2-3,5-7,9,11H2,1H3,(H,23,24)/t14-,15?,18?/m1/s1. The lowest BCUT2D eigenvalue weighted by Gasteiger charge is -2.38. The van der Waals surface area contributed by atoms with Crippen LogP contribution in [-0.2, 0) is 5.41 Å². The van der Waals surface area contributed by atoms with E-state index in [1.54, 1.807) is 6.20 Å². The maximum absolute atomic E-state index is 10.8. The predicted molar refractivity (Wildman–Crippen MR) is 89.7 cm³/mol. The first-order chi connectivity index (χ1) is 11.5. The third-order valence-corrected chi connectivity index (χ3v) is 5.49. The highest BCUT2D eigenvalue weighted by molar-refractivity contribution is 5.64. The van der Waals surface area contributed by atoms with E-state index >= 15 is 0 Å². The Morgan fingerprint density at radius 2 is 2.21 bits per heavy atom. The van der Waals surface area contributed by atoms with E-state index in [0.29, 0.717) is 6.04 Å². The van der Waals surface area contributed by atoms with Gasteiger partial charge in [0, 0.05) is 31.4 Å². The molecule has 0 spiro atoms. The van der Waals surface area contributed by atoms with Crippen LogP contribution in [0.3, 0.4) is 0 Å². The van der Waals surface area contributed by atoms with Gasteiger partial charge in [0.15, 0.2) is 0 Å². The molecule has 2 N–H and O–H groups in total. The molecule has 2 heterocycles. The number of hydrogen-bond acceptors (Lipinski definition) is 4. The number of carbonyl (C=O) groups is 1. The maximum atomic E-state index is 10.8. The van der Waals surface area contributed by atoms with Crippen LogP contribution < -0.4 is 5.32 Å².